The topological polar surface area (TPSA) is 63.4 Å². The first-order chi connectivity index (χ1) is 12.1. The summed E-state index contributed by atoms with van der Waals surface area (Å²) >= 11 is 0. The number of Topliss-reactive ketones (excluding diaryl/α,β-unsaturated/α-hetero) is 1. The van der Waals surface area contributed by atoms with Gasteiger partial charge in [0, 0.05) is 31.0 Å². The monoisotopic (exact) mass is 336 g/mol. The van der Waals surface area contributed by atoms with Gasteiger partial charge in [-0.1, -0.05) is 54.6 Å². The van der Waals surface area contributed by atoms with Crippen LogP contribution >= 0.6 is 0 Å². The van der Waals surface area contributed by atoms with Gasteiger partial charge in [-0.25, -0.2) is 0 Å². The van der Waals surface area contributed by atoms with Crippen LogP contribution in [0.3, 0.4) is 0 Å². The molecule has 1 fully saturated rings. The Kier molecular flexibility index (Phi) is 5.61. The number of primary amides is 1. The highest BCUT2D eigenvalue weighted by atomic mass is 16.1. The molecule has 4 heteroatoms. The Balaban J connectivity index is 1.65. The van der Waals surface area contributed by atoms with Gasteiger partial charge in [0.05, 0.1) is 0 Å². The molecular weight excluding hydrogens is 312 g/mol. The number of hydrogen-bond acceptors (Lipinski definition) is 3. The zero-order valence-corrected chi connectivity index (χ0v) is 14.4. The van der Waals surface area contributed by atoms with Gasteiger partial charge >= 0.3 is 0 Å². The summed E-state index contributed by atoms with van der Waals surface area (Å²) in [6, 6.07) is 18.0. The summed E-state index contributed by atoms with van der Waals surface area (Å²) in [7, 11) is 0. The standard InChI is InChI=1S/C21H24N2O2/c22-20(24)12-14-23-13-4-7-19(15-23)21(25)18-10-8-17(9-11-18)16-5-2-1-3-6-16/h1-3,5-6,8-11,19H,4,7,12-15H2,(H2,22,24). The van der Waals surface area contributed by atoms with Crippen molar-refractivity contribution in [3.05, 3.63) is 60.2 Å². The normalized spacial score (nSPS) is 18.0. The van der Waals surface area contributed by atoms with Crippen LogP contribution in [0.1, 0.15) is 29.6 Å². The minimum atomic E-state index is -0.287. The van der Waals surface area contributed by atoms with Crippen molar-refractivity contribution < 1.29 is 9.59 Å². The van der Waals surface area contributed by atoms with E-state index in [9.17, 15) is 9.59 Å². The van der Waals surface area contributed by atoms with Gasteiger partial charge in [-0.3, -0.25) is 9.59 Å². The van der Waals surface area contributed by atoms with Crippen molar-refractivity contribution in [2.45, 2.75) is 19.3 Å². The summed E-state index contributed by atoms with van der Waals surface area (Å²) in [4.78, 5) is 25.9. The number of rotatable bonds is 6. The zero-order valence-electron chi connectivity index (χ0n) is 14.4. The van der Waals surface area contributed by atoms with E-state index in [1.165, 1.54) is 0 Å². The molecule has 0 saturated carbocycles. The van der Waals surface area contributed by atoms with E-state index >= 15 is 0 Å². The maximum Gasteiger partial charge on any atom is 0.218 e. The molecule has 3 rings (SSSR count). The largest absolute Gasteiger partial charge is 0.370 e. The van der Waals surface area contributed by atoms with Crippen LogP contribution in [0.25, 0.3) is 11.1 Å². The minimum Gasteiger partial charge on any atom is -0.370 e. The molecule has 1 aliphatic rings. The number of hydrogen-bond donors (Lipinski definition) is 1. The summed E-state index contributed by atoms with van der Waals surface area (Å²) in [5, 5.41) is 0. The molecule has 1 saturated heterocycles. The second-order valence-corrected chi connectivity index (χ2v) is 6.66. The first-order valence-corrected chi connectivity index (χ1v) is 8.84. The van der Waals surface area contributed by atoms with Crippen molar-refractivity contribution in [1.82, 2.24) is 4.90 Å². The van der Waals surface area contributed by atoms with Gasteiger partial charge in [0.1, 0.15) is 0 Å². The van der Waals surface area contributed by atoms with Gasteiger partial charge < -0.3 is 10.6 Å². The Morgan fingerprint density at radius 3 is 2.36 bits per heavy atom. The van der Waals surface area contributed by atoms with Crippen LogP contribution in [0, 0.1) is 5.92 Å². The fraction of sp³-hybridized carbons (Fsp3) is 0.333. The Hall–Kier alpha value is -2.46. The number of benzene rings is 2. The summed E-state index contributed by atoms with van der Waals surface area (Å²) in [6.45, 7) is 2.29. The summed E-state index contributed by atoms with van der Waals surface area (Å²) in [6.07, 6.45) is 2.25. The molecule has 1 heterocycles. The van der Waals surface area contributed by atoms with Gasteiger partial charge in [0.2, 0.25) is 5.91 Å². The Morgan fingerprint density at radius 1 is 1.00 bits per heavy atom. The van der Waals surface area contributed by atoms with Crippen LogP contribution in [-0.4, -0.2) is 36.2 Å². The first kappa shape index (κ1) is 17.4. The molecule has 2 aromatic carbocycles. The molecule has 1 atom stereocenters. The van der Waals surface area contributed by atoms with Gasteiger partial charge in [0.15, 0.2) is 5.78 Å². The van der Waals surface area contributed by atoms with Crippen LogP contribution in [0.15, 0.2) is 54.6 Å². The van der Waals surface area contributed by atoms with Crippen LogP contribution in [0.2, 0.25) is 0 Å². The predicted octanol–water partition coefficient (Wildman–Crippen LogP) is 3.12. The van der Waals surface area contributed by atoms with E-state index in [-0.39, 0.29) is 17.6 Å². The number of carbonyl (C=O) groups is 2. The van der Waals surface area contributed by atoms with E-state index in [1.807, 2.05) is 42.5 Å². The highest BCUT2D eigenvalue weighted by molar-refractivity contribution is 5.98. The number of amides is 1. The van der Waals surface area contributed by atoms with Crippen LogP contribution in [0.4, 0.5) is 0 Å². The SMILES string of the molecule is NC(=O)CCN1CCCC(C(=O)c2ccc(-c3ccccc3)cc2)C1. The second-order valence-electron chi connectivity index (χ2n) is 6.66. The molecule has 0 bridgehead atoms. The molecule has 0 radical (unpaired) electrons. The highest BCUT2D eigenvalue weighted by Crippen LogP contribution is 2.24. The maximum absolute atomic E-state index is 12.8. The zero-order chi connectivity index (χ0) is 17.6. The number of nitrogens with zero attached hydrogens (tertiary/aromatic N) is 1. The summed E-state index contributed by atoms with van der Waals surface area (Å²) < 4.78 is 0. The van der Waals surface area contributed by atoms with Crippen molar-refractivity contribution in [3.8, 4) is 11.1 Å². The van der Waals surface area contributed by atoms with E-state index in [4.69, 9.17) is 5.73 Å². The molecule has 1 aliphatic heterocycles. The van der Waals surface area contributed by atoms with Crippen LogP contribution in [0.5, 0.6) is 0 Å². The van der Waals surface area contributed by atoms with Crippen LogP contribution < -0.4 is 5.73 Å². The molecule has 130 valence electrons. The molecule has 0 aliphatic carbocycles. The number of carbonyl (C=O) groups excluding carboxylic acids is 2. The Morgan fingerprint density at radius 2 is 1.68 bits per heavy atom. The highest BCUT2D eigenvalue weighted by Gasteiger charge is 2.26. The number of nitrogens with two attached hydrogens (primary N) is 1. The molecule has 0 spiro atoms. The predicted molar refractivity (Wildman–Crippen MR) is 99.2 cm³/mol. The summed E-state index contributed by atoms with van der Waals surface area (Å²) in [5.41, 5.74) is 8.25. The van der Waals surface area contributed by atoms with E-state index in [0.717, 1.165) is 36.1 Å². The van der Waals surface area contributed by atoms with Gasteiger partial charge in [-0.05, 0) is 30.5 Å². The molecule has 25 heavy (non-hydrogen) atoms. The lowest BCUT2D eigenvalue weighted by Crippen LogP contribution is -2.40. The van der Waals surface area contributed by atoms with Crippen molar-refractivity contribution in [1.29, 1.82) is 0 Å². The average molecular weight is 336 g/mol. The fourth-order valence-corrected chi connectivity index (χ4v) is 3.43. The second kappa shape index (κ2) is 8.08. The third-order valence-corrected chi connectivity index (χ3v) is 4.83. The number of likely N-dealkylation sites (tertiary alicyclic amines) is 1. The quantitative estimate of drug-likeness (QED) is 0.824. The molecule has 2 N–H and O–H groups in total. The Bertz CT molecular complexity index is 725. The minimum absolute atomic E-state index is 0.00389. The molecule has 4 nitrogen and oxygen atoms in total. The summed E-state index contributed by atoms with van der Waals surface area (Å²) in [5.74, 6) is -0.0856. The van der Waals surface area contributed by atoms with E-state index in [1.54, 1.807) is 0 Å². The van der Waals surface area contributed by atoms with E-state index < -0.39 is 0 Å². The first-order valence-electron chi connectivity index (χ1n) is 8.84. The molecule has 1 unspecified atom stereocenters. The number of ketones is 1. The molecular formula is C21H24N2O2. The van der Waals surface area contributed by atoms with Crippen molar-refractivity contribution in [2.24, 2.45) is 11.7 Å². The van der Waals surface area contributed by atoms with Crippen molar-refractivity contribution in [2.75, 3.05) is 19.6 Å². The van der Waals surface area contributed by atoms with Crippen molar-refractivity contribution >= 4 is 11.7 Å². The molecule has 2 aromatic rings. The van der Waals surface area contributed by atoms with Crippen LogP contribution in [-0.2, 0) is 4.79 Å². The van der Waals surface area contributed by atoms with Gasteiger partial charge in [0.25, 0.3) is 0 Å². The molecule has 0 aromatic heterocycles. The third kappa shape index (κ3) is 4.54. The Labute approximate surface area is 148 Å². The lowest BCUT2D eigenvalue weighted by Gasteiger charge is -2.31. The van der Waals surface area contributed by atoms with Crippen molar-refractivity contribution in [3.63, 3.8) is 0 Å². The lowest BCUT2D eigenvalue weighted by atomic mass is 9.89. The average Bonchev–Trinajstić information content (AvgIpc) is 2.67. The van der Waals surface area contributed by atoms with Gasteiger partial charge in [-0.15, -0.1) is 0 Å². The molecule has 1 amide bonds. The van der Waals surface area contributed by atoms with E-state index in [0.29, 0.717) is 19.5 Å². The third-order valence-electron chi connectivity index (χ3n) is 4.83. The fourth-order valence-electron chi connectivity index (χ4n) is 3.43. The number of piperidine rings is 1. The smallest absolute Gasteiger partial charge is 0.218 e. The van der Waals surface area contributed by atoms with Gasteiger partial charge in [-0.2, -0.15) is 0 Å². The van der Waals surface area contributed by atoms with E-state index in [2.05, 4.69) is 17.0 Å². The lowest BCUT2D eigenvalue weighted by molar-refractivity contribution is -0.118. The maximum atomic E-state index is 12.8.